The lowest BCUT2D eigenvalue weighted by Gasteiger charge is -2.05. The van der Waals surface area contributed by atoms with Crippen molar-refractivity contribution in [2.75, 3.05) is 0 Å². The Hall–Kier alpha value is -2.62. The normalized spacial score (nSPS) is 10.0. The lowest BCUT2D eigenvalue weighted by atomic mass is 10.0. The molecule has 0 unspecified atom stereocenters. The molecule has 0 atom stereocenters. The molecule has 0 heterocycles. The van der Waals surface area contributed by atoms with Gasteiger partial charge in [0.15, 0.2) is 0 Å². The van der Waals surface area contributed by atoms with Crippen LogP contribution in [0.4, 0.5) is 0 Å². The zero-order chi connectivity index (χ0) is 14.4. The molecule has 4 nitrogen and oxygen atoms in total. The molecule has 0 bridgehead atoms. The fourth-order valence-corrected chi connectivity index (χ4v) is 1.76. The highest BCUT2D eigenvalue weighted by molar-refractivity contribution is 5.90. The van der Waals surface area contributed by atoms with Gasteiger partial charge in [-0.25, -0.2) is 0 Å². The Morgan fingerprint density at radius 2 is 1.50 bits per heavy atom. The molecule has 0 aliphatic rings. The maximum Gasteiger partial charge on any atom is 0.317 e. The van der Waals surface area contributed by atoms with Gasteiger partial charge in [-0.05, 0) is 16.7 Å². The van der Waals surface area contributed by atoms with Crippen molar-refractivity contribution in [3.8, 4) is 11.1 Å². The number of carboxylic acid groups (broad SMARTS) is 1. The standard InChI is InChI=1S/C16H14O4/c17-15(18)10-16(19)20-11-12-6-8-14(9-7-12)13-4-2-1-3-5-13/h1-9H,10-11H2,(H,17,18). The van der Waals surface area contributed by atoms with Crippen LogP contribution in [-0.4, -0.2) is 17.0 Å². The molecule has 1 N–H and O–H groups in total. The average Bonchev–Trinajstić information content (AvgIpc) is 2.46. The lowest BCUT2D eigenvalue weighted by Crippen LogP contribution is -2.10. The zero-order valence-corrected chi connectivity index (χ0v) is 10.8. The quantitative estimate of drug-likeness (QED) is 0.670. The second-order valence-corrected chi connectivity index (χ2v) is 4.29. The molecule has 0 aliphatic carbocycles. The molecule has 2 aromatic rings. The van der Waals surface area contributed by atoms with Crippen LogP contribution in [0.25, 0.3) is 11.1 Å². The molecule has 2 aromatic carbocycles. The summed E-state index contributed by atoms with van der Waals surface area (Å²) >= 11 is 0. The summed E-state index contributed by atoms with van der Waals surface area (Å²) in [5.41, 5.74) is 3.01. The van der Waals surface area contributed by atoms with Crippen LogP contribution in [0.2, 0.25) is 0 Å². The largest absolute Gasteiger partial charge is 0.481 e. The Bertz CT molecular complexity index is 588. The molecule has 0 spiro atoms. The van der Waals surface area contributed by atoms with Crippen LogP contribution in [0.3, 0.4) is 0 Å². The van der Waals surface area contributed by atoms with Crippen molar-refractivity contribution in [2.45, 2.75) is 13.0 Å². The van der Waals surface area contributed by atoms with Crippen molar-refractivity contribution in [1.29, 1.82) is 0 Å². The van der Waals surface area contributed by atoms with Crippen LogP contribution in [0.5, 0.6) is 0 Å². The van der Waals surface area contributed by atoms with Gasteiger partial charge in [-0.1, -0.05) is 54.6 Å². The second-order valence-electron chi connectivity index (χ2n) is 4.29. The molecule has 20 heavy (non-hydrogen) atoms. The van der Waals surface area contributed by atoms with E-state index in [2.05, 4.69) is 0 Å². The summed E-state index contributed by atoms with van der Waals surface area (Å²) in [5, 5.41) is 8.44. The summed E-state index contributed by atoms with van der Waals surface area (Å²) < 4.78 is 4.86. The van der Waals surface area contributed by atoms with E-state index in [1.165, 1.54) is 0 Å². The summed E-state index contributed by atoms with van der Waals surface area (Å²) in [6.45, 7) is 0.0845. The van der Waals surface area contributed by atoms with E-state index in [0.717, 1.165) is 16.7 Å². The van der Waals surface area contributed by atoms with Gasteiger partial charge in [0, 0.05) is 0 Å². The molecule has 4 heteroatoms. The Labute approximate surface area is 116 Å². The van der Waals surface area contributed by atoms with Crippen molar-refractivity contribution >= 4 is 11.9 Å². The molecule has 0 aliphatic heterocycles. The summed E-state index contributed by atoms with van der Waals surface area (Å²) in [6.07, 6.45) is -0.609. The number of carboxylic acids is 1. The minimum atomic E-state index is -1.19. The highest BCUT2D eigenvalue weighted by Gasteiger charge is 2.08. The molecule has 0 aromatic heterocycles. The summed E-state index contributed by atoms with van der Waals surface area (Å²) in [7, 11) is 0. The number of ether oxygens (including phenoxy) is 1. The Balaban J connectivity index is 1.95. The number of benzene rings is 2. The van der Waals surface area contributed by atoms with Gasteiger partial charge in [-0.3, -0.25) is 9.59 Å². The van der Waals surface area contributed by atoms with E-state index in [9.17, 15) is 9.59 Å². The topological polar surface area (TPSA) is 63.6 Å². The SMILES string of the molecule is O=C(O)CC(=O)OCc1ccc(-c2ccccc2)cc1. The first-order chi connectivity index (χ1) is 9.65. The molecule has 0 amide bonds. The minimum absolute atomic E-state index is 0.0845. The van der Waals surface area contributed by atoms with Crippen molar-refractivity contribution in [3.05, 3.63) is 60.2 Å². The minimum Gasteiger partial charge on any atom is -0.481 e. The first-order valence-electron chi connectivity index (χ1n) is 6.17. The second kappa shape index (κ2) is 6.52. The average molecular weight is 270 g/mol. The molecule has 0 saturated heterocycles. The highest BCUT2D eigenvalue weighted by Crippen LogP contribution is 2.19. The predicted octanol–water partition coefficient (Wildman–Crippen LogP) is 2.87. The number of esters is 1. The van der Waals surface area contributed by atoms with Gasteiger partial charge in [-0.15, -0.1) is 0 Å². The fourth-order valence-electron chi connectivity index (χ4n) is 1.76. The molecular formula is C16H14O4. The van der Waals surface area contributed by atoms with Crippen LogP contribution in [-0.2, 0) is 20.9 Å². The summed E-state index contributed by atoms with van der Waals surface area (Å²) in [5.74, 6) is -1.92. The summed E-state index contributed by atoms with van der Waals surface area (Å²) in [4.78, 5) is 21.4. The van der Waals surface area contributed by atoms with E-state index in [-0.39, 0.29) is 6.61 Å². The number of carbonyl (C=O) groups excluding carboxylic acids is 1. The molecular weight excluding hydrogens is 256 g/mol. The van der Waals surface area contributed by atoms with E-state index in [1.54, 1.807) is 0 Å². The third-order valence-corrected chi connectivity index (χ3v) is 2.76. The number of aliphatic carboxylic acids is 1. The van der Waals surface area contributed by atoms with Gasteiger partial charge in [0.05, 0.1) is 0 Å². The number of carbonyl (C=O) groups is 2. The van der Waals surface area contributed by atoms with Crippen LogP contribution in [0.1, 0.15) is 12.0 Å². The first kappa shape index (κ1) is 13.8. The Morgan fingerprint density at radius 1 is 0.900 bits per heavy atom. The van der Waals surface area contributed by atoms with Gasteiger partial charge in [0.25, 0.3) is 0 Å². The number of hydrogen-bond donors (Lipinski definition) is 1. The Kier molecular flexibility index (Phi) is 4.50. The van der Waals surface area contributed by atoms with Crippen LogP contribution < -0.4 is 0 Å². The number of hydrogen-bond acceptors (Lipinski definition) is 3. The smallest absolute Gasteiger partial charge is 0.317 e. The highest BCUT2D eigenvalue weighted by atomic mass is 16.5. The van der Waals surface area contributed by atoms with Crippen LogP contribution in [0.15, 0.2) is 54.6 Å². The molecule has 0 fully saturated rings. The van der Waals surface area contributed by atoms with Gasteiger partial charge < -0.3 is 9.84 Å². The van der Waals surface area contributed by atoms with E-state index in [0.29, 0.717) is 0 Å². The van der Waals surface area contributed by atoms with E-state index in [4.69, 9.17) is 9.84 Å². The number of rotatable bonds is 5. The molecule has 0 saturated carbocycles. The zero-order valence-electron chi connectivity index (χ0n) is 10.8. The van der Waals surface area contributed by atoms with Crippen molar-refractivity contribution in [1.82, 2.24) is 0 Å². The first-order valence-corrected chi connectivity index (χ1v) is 6.17. The predicted molar refractivity (Wildman–Crippen MR) is 73.9 cm³/mol. The summed E-state index contributed by atoms with van der Waals surface area (Å²) in [6, 6.07) is 17.5. The van der Waals surface area contributed by atoms with E-state index in [1.807, 2.05) is 54.6 Å². The maximum atomic E-state index is 11.1. The fraction of sp³-hybridized carbons (Fsp3) is 0.125. The van der Waals surface area contributed by atoms with Gasteiger partial charge in [0.1, 0.15) is 13.0 Å². The van der Waals surface area contributed by atoms with Crippen LogP contribution >= 0.6 is 0 Å². The Morgan fingerprint density at radius 3 is 2.10 bits per heavy atom. The monoisotopic (exact) mass is 270 g/mol. The van der Waals surface area contributed by atoms with Gasteiger partial charge in [0.2, 0.25) is 0 Å². The van der Waals surface area contributed by atoms with Crippen molar-refractivity contribution < 1.29 is 19.4 Å². The van der Waals surface area contributed by atoms with Crippen molar-refractivity contribution in [3.63, 3.8) is 0 Å². The van der Waals surface area contributed by atoms with Gasteiger partial charge in [-0.2, -0.15) is 0 Å². The molecule has 102 valence electrons. The third-order valence-electron chi connectivity index (χ3n) is 2.76. The van der Waals surface area contributed by atoms with E-state index >= 15 is 0 Å². The maximum absolute atomic E-state index is 11.1. The molecule has 2 rings (SSSR count). The molecule has 0 radical (unpaired) electrons. The van der Waals surface area contributed by atoms with Crippen molar-refractivity contribution in [2.24, 2.45) is 0 Å². The lowest BCUT2D eigenvalue weighted by molar-refractivity contribution is -0.152. The van der Waals surface area contributed by atoms with Crippen LogP contribution in [0, 0.1) is 0 Å². The van der Waals surface area contributed by atoms with Gasteiger partial charge >= 0.3 is 11.9 Å². The third kappa shape index (κ3) is 3.95. The van der Waals surface area contributed by atoms with E-state index < -0.39 is 18.4 Å².